The number of para-hydroxylation sites is 1. The molecular weight excluding hydrogens is 386 g/mol. The quantitative estimate of drug-likeness (QED) is 0.770. The molecule has 0 bridgehead atoms. The molecule has 2 aromatic carbocycles. The van der Waals surface area contributed by atoms with Gasteiger partial charge in [-0.05, 0) is 46.3 Å². The van der Waals surface area contributed by atoms with Gasteiger partial charge in [0.05, 0.1) is 4.47 Å². The van der Waals surface area contributed by atoms with Crippen molar-refractivity contribution in [1.82, 2.24) is 0 Å². The zero-order valence-electron chi connectivity index (χ0n) is 10.8. The zero-order valence-corrected chi connectivity index (χ0v) is 14.0. The number of hydrogen-bond acceptors (Lipinski definition) is 2. The van der Waals surface area contributed by atoms with Crippen LogP contribution in [-0.2, 0) is 4.79 Å². The summed E-state index contributed by atoms with van der Waals surface area (Å²) in [6, 6.07) is 15.0. The minimum atomic E-state index is -0.106. The Labute approximate surface area is 134 Å². The number of carbonyl (C=O) groups excluding carboxylic acids is 1. The van der Waals surface area contributed by atoms with Crippen molar-refractivity contribution in [3.8, 4) is 5.75 Å². The minimum absolute atomic E-state index is 0.00831. The van der Waals surface area contributed by atoms with Gasteiger partial charge in [-0.25, -0.2) is 0 Å². The standard InChI is InChI=1S/C15H13Br2NO2/c1-18(12-5-3-2-4-6-12)15(19)10-20-14-8-7-11(16)9-13(14)17/h2-9H,10H2,1H3. The Kier molecular flexibility index (Phi) is 5.20. The number of nitrogens with zero attached hydrogens (tertiary/aromatic N) is 1. The second-order valence-corrected chi connectivity index (χ2v) is 5.92. The van der Waals surface area contributed by atoms with Gasteiger partial charge in [-0.2, -0.15) is 0 Å². The lowest BCUT2D eigenvalue weighted by atomic mass is 10.3. The van der Waals surface area contributed by atoms with Gasteiger partial charge in [0.2, 0.25) is 0 Å². The van der Waals surface area contributed by atoms with Gasteiger partial charge in [0.25, 0.3) is 5.91 Å². The van der Waals surface area contributed by atoms with Crippen LogP contribution in [0.15, 0.2) is 57.5 Å². The number of benzene rings is 2. The lowest BCUT2D eigenvalue weighted by Crippen LogP contribution is -2.31. The van der Waals surface area contributed by atoms with E-state index in [9.17, 15) is 4.79 Å². The van der Waals surface area contributed by atoms with Gasteiger partial charge in [-0.1, -0.05) is 34.1 Å². The fourth-order valence-corrected chi connectivity index (χ4v) is 2.79. The lowest BCUT2D eigenvalue weighted by molar-refractivity contribution is -0.120. The molecule has 3 nitrogen and oxygen atoms in total. The monoisotopic (exact) mass is 397 g/mol. The van der Waals surface area contributed by atoms with Crippen molar-refractivity contribution in [1.29, 1.82) is 0 Å². The van der Waals surface area contributed by atoms with Crippen LogP contribution in [-0.4, -0.2) is 19.6 Å². The van der Waals surface area contributed by atoms with Crippen molar-refractivity contribution in [2.24, 2.45) is 0 Å². The van der Waals surface area contributed by atoms with Crippen molar-refractivity contribution < 1.29 is 9.53 Å². The fraction of sp³-hybridized carbons (Fsp3) is 0.133. The molecule has 0 aliphatic rings. The Morgan fingerprint density at radius 1 is 1.15 bits per heavy atom. The summed E-state index contributed by atoms with van der Waals surface area (Å²) in [7, 11) is 1.73. The second kappa shape index (κ2) is 6.90. The first-order valence-electron chi connectivity index (χ1n) is 5.97. The molecule has 0 aromatic heterocycles. The van der Waals surface area contributed by atoms with Crippen molar-refractivity contribution in [2.75, 3.05) is 18.6 Å². The van der Waals surface area contributed by atoms with Gasteiger partial charge in [0, 0.05) is 17.2 Å². The fourth-order valence-electron chi connectivity index (χ4n) is 1.62. The van der Waals surface area contributed by atoms with Crippen LogP contribution in [0.25, 0.3) is 0 Å². The summed E-state index contributed by atoms with van der Waals surface area (Å²) in [6.07, 6.45) is 0. The zero-order chi connectivity index (χ0) is 14.5. The average Bonchev–Trinajstić information content (AvgIpc) is 2.46. The molecule has 0 saturated carbocycles. The van der Waals surface area contributed by atoms with Gasteiger partial charge in [0.15, 0.2) is 6.61 Å². The number of halogens is 2. The van der Waals surface area contributed by atoms with Crippen LogP contribution in [0.5, 0.6) is 5.75 Å². The third-order valence-electron chi connectivity index (χ3n) is 2.76. The van der Waals surface area contributed by atoms with Gasteiger partial charge in [-0.15, -0.1) is 0 Å². The van der Waals surface area contributed by atoms with E-state index < -0.39 is 0 Å². The molecule has 0 spiro atoms. The van der Waals surface area contributed by atoms with E-state index in [1.807, 2.05) is 48.5 Å². The number of likely N-dealkylation sites (N-methyl/N-ethyl adjacent to an activating group) is 1. The highest BCUT2D eigenvalue weighted by atomic mass is 79.9. The van der Waals surface area contributed by atoms with E-state index in [0.717, 1.165) is 14.6 Å². The first kappa shape index (κ1) is 15.1. The maximum atomic E-state index is 12.1. The van der Waals surface area contributed by atoms with E-state index in [-0.39, 0.29) is 12.5 Å². The third-order valence-corrected chi connectivity index (χ3v) is 3.88. The molecule has 0 radical (unpaired) electrons. The molecule has 20 heavy (non-hydrogen) atoms. The summed E-state index contributed by atoms with van der Waals surface area (Å²) >= 11 is 6.77. The Morgan fingerprint density at radius 3 is 2.50 bits per heavy atom. The molecule has 0 saturated heterocycles. The maximum Gasteiger partial charge on any atom is 0.264 e. The normalized spacial score (nSPS) is 10.2. The van der Waals surface area contributed by atoms with Crippen LogP contribution in [0.4, 0.5) is 5.69 Å². The van der Waals surface area contributed by atoms with E-state index in [2.05, 4.69) is 31.9 Å². The molecule has 0 unspecified atom stereocenters. The largest absolute Gasteiger partial charge is 0.483 e. The van der Waals surface area contributed by atoms with E-state index >= 15 is 0 Å². The molecule has 0 heterocycles. The van der Waals surface area contributed by atoms with Crippen molar-refractivity contribution in [2.45, 2.75) is 0 Å². The van der Waals surface area contributed by atoms with Crippen LogP contribution >= 0.6 is 31.9 Å². The van der Waals surface area contributed by atoms with Crippen molar-refractivity contribution in [3.63, 3.8) is 0 Å². The Morgan fingerprint density at radius 2 is 1.85 bits per heavy atom. The summed E-state index contributed by atoms with van der Waals surface area (Å²) in [6.45, 7) is -0.00831. The van der Waals surface area contributed by atoms with Crippen LogP contribution in [0.2, 0.25) is 0 Å². The summed E-state index contributed by atoms with van der Waals surface area (Å²) in [4.78, 5) is 13.6. The Balaban J connectivity index is 1.98. The highest BCUT2D eigenvalue weighted by Crippen LogP contribution is 2.28. The van der Waals surface area contributed by atoms with E-state index in [0.29, 0.717) is 5.75 Å². The summed E-state index contributed by atoms with van der Waals surface area (Å²) in [5, 5.41) is 0. The maximum absolute atomic E-state index is 12.1. The molecule has 2 rings (SSSR count). The van der Waals surface area contributed by atoms with Crippen LogP contribution in [0, 0.1) is 0 Å². The van der Waals surface area contributed by atoms with Gasteiger partial charge in [0.1, 0.15) is 5.75 Å². The molecule has 0 atom stereocenters. The molecule has 104 valence electrons. The van der Waals surface area contributed by atoms with Crippen molar-refractivity contribution >= 4 is 43.5 Å². The van der Waals surface area contributed by atoms with Gasteiger partial charge in [-0.3, -0.25) is 4.79 Å². The van der Waals surface area contributed by atoms with E-state index in [1.54, 1.807) is 11.9 Å². The highest BCUT2D eigenvalue weighted by molar-refractivity contribution is 9.11. The predicted molar refractivity (Wildman–Crippen MR) is 87.2 cm³/mol. The average molecular weight is 399 g/mol. The van der Waals surface area contributed by atoms with Gasteiger partial charge >= 0.3 is 0 Å². The predicted octanol–water partition coefficient (Wildman–Crippen LogP) is 4.25. The molecule has 2 aromatic rings. The third kappa shape index (κ3) is 3.84. The smallest absolute Gasteiger partial charge is 0.264 e. The van der Waals surface area contributed by atoms with Crippen LogP contribution < -0.4 is 9.64 Å². The molecule has 0 N–H and O–H groups in total. The highest BCUT2D eigenvalue weighted by Gasteiger charge is 2.12. The summed E-state index contributed by atoms with van der Waals surface area (Å²) in [5.74, 6) is 0.536. The second-order valence-electron chi connectivity index (χ2n) is 4.15. The molecule has 0 fully saturated rings. The summed E-state index contributed by atoms with van der Waals surface area (Å²) in [5.41, 5.74) is 0.843. The summed E-state index contributed by atoms with van der Waals surface area (Å²) < 4.78 is 7.29. The number of rotatable bonds is 4. The first-order valence-corrected chi connectivity index (χ1v) is 7.56. The first-order chi connectivity index (χ1) is 9.58. The van der Waals surface area contributed by atoms with E-state index in [1.165, 1.54) is 0 Å². The lowest BCUT2D eigenvalue weighted by Gasteiger charge is -2.17. The Hall–Kier alpha value is -1.33. The van der Waals surface area contributed by atoms with Crippen molar-refractivity contribution in [3.05, 3.63) is 57.5 Å². The SMILES string of the molecule is CN(C(=O)COc1ccc(Br)cc1Br)c1ccccc1. The number of amides is 1. The van der Waals surface area contributed by atoms with Crippen LogP contribution in [0.1, 0.15) is 0 Å². The molecular formula is C15H13Br2NO2. The molecule has 1 amide bonds. The molecule has 0 aliphatic heterocycles. The minimum Gasteiger partial charge on any atom is -0.483 e. The number of hydrogen-bond donors (Lipinski definition) is 0. The van der Waals surface area contributed by atoms with E-state index in [4.69, 9.17) is 4.74 Å². The number of ether oxygens (including phenoxy) is 1. The molecule has 5 heteroatoms. The topological polar surface area (TPSA) is 29.5 Å². The van der Waals surface area contributed by atoms with Crippen LogP contribution in [0.3, 0.4) is 0 Å². The van der Waals surface area contributed by atoms with Gasteiger partial charge < -0.3 is 9.64 Å². The number of anilines is 1. The Bertz CT molecular complexity index is 602. The molecule has 0 aliphatic carbocycles. The number of carbonyl (C=O) groups is 1.